The van der Waals surface area contributed by atoms with E-state index in [2.05, 4.69) is 18.8 Å². The molecule has 11 heavy (non-hydrogen) atoms. The predicted molar refractivity (Wildman–Crippen MR) is 47.2 cm³/mol. The quantitative estimate of drug-likeness (QED) is 0.553. The van der Waals surface area contributed by atoms with Gasteiger partial charge in [0.15, 0.2) is 0 Å². The smallest absolute Gasteiger partial charge is 0.133 e. The molecule has 0 atom stereocenters. The Morgan fingerprint density at radius 3 is 2.64 bits per heavy atom. The molecule has 0 amide bonds. The number of carbonyl (C=O) groups excluding carboxylic acids is 1. The van der Waals surface area contributed by atoms with Crippen molar-refractivity contribution in [2.45, 2.75) is 46.0 Å². The van der Waals surface area contributed by atoms with E-state index in [4.69, 9.17) is 0 Å². The van der Waals surface area contributed by atoms with E-state index in [-0.39, 0.29) is 0 Å². The van der Waals surface area contributed by atoms with Gasteiger partial charge in [0.1, 0.15) is 5.78 Å². The highest BCUT2D eigenvalue weighted by atomic mass is 16.1. The summed E-state index contributed by atoms with van der Waals surface area (Å²) >= 11 is 0. The van der Waals surface area contributed by atoms with Crippen LogP contribution in [0.3, 0.4) is 0 Å². The largest absolute Gasteiger partial charge is 0.300 e. The van der Waals surface area contributed by atoms with Crippen molar-refractivity contribution < 1.29 is 4.79 Å². The van der Waals surface area contributed by atoms with E-state index in [0.717, 1.165) is 25.7 Å². The molecule has 0 heterocycles. The monoisotopic (exact) mass is 152 g/mol. The minimum atomic E-state index is 0.356. The van der Waals surface area contributed by atoms with Gasteiger partial charge in [-0.3, -0.25) is 4.79 Å². The summed E-state index contributed by atoms with van der Waals surface area (Å²) in [5.74, 6) is 6.02. The van der Waals surface area contributed by atoms with Gasteiger partial charge in [-0.25, -0.2) is 0 Å². The first-order valence-electron chi connectivity index (χ1n) is 4.22. The van der Waals surface area contributed by atoms with Gasteiger partial charge in [-0.15, -0.1) is 11.8 Å². The Morgan fingerprint density at radius 2 is 2.09 bits per heavy atom. The van der Waals surface area contributed by atoms with Gasteiger partial charge in [0.2, 0.25) is 0 Å². The Bertz CT molecular complexity index is 159. The Kier molecular flexibility index (Phi) is 6.82. The van der Waals surface area contributed by atoms with E-state index in [1.165, 1.54) is 0 Å². The summed E-state index contributed by atoms with van der Waals surface area (Å²) < 4.78 is 0. The third-order valence-electron chi connectivity index (χ3n) is 1.51. The number of unbranched alkanes of at least 4 members (excludes halogenated alkanes) is 1. The summed E-state index contributed by atoms with van der Waals surface area (Å²) in [5, 5.41) is 0. The average Bonchev–Trinajstić information content (AvgIpc) is 2.01. The second-order valence-corrected chi connectivity index (χ2v) is 2.57. The van der Waals surface area contributed by atoms with Gasteiger partial charge in [-0.05, 0) is 13.3 Å². The van der Waals surface area contributed by atoms with Gasteiger partial charge >= 0.3 is 0 Å². The third kappa shape index (κ3) is 7.12. The molecular formula is C10H16O. The Morgan fingerprint density at radius 1 is 1.36 bits per heavy atom. The fourth-order valence-electron chi connectivity index (χ4n) is 0.826. The van der Waals surface area contributed by atoms with Crippen molar-refractivity contribution in [3.63, 3.8) is 0 Å². The lowest BCUT2D eigenvalue weighted by molar-refractivity contribution is -0.119. The number of Topliss-reactive ketones (excluding diaryl/α,β-unsaturated/α-hetero) is 1. The standard InChI is InChI=1S/C10H16O/c1-3-5-7-9-10(11)8-6-4-2/h4,6-9H2,1-2H3. The van der Waals surface area contributed by atoms with Crippen molar-refractivity contribution >= 4 is 5.78 Å². The first-order valence-corrected chi connectivity index (χ1v) is 4.22. The molecule has 0 radical (unpaired) electrons. The number of ketones is 1. The maximum Gasteiger partial charge on any atom is 0.133 e. The predicted octanol–water partition coefficient (Wildman–Crippen LogP) is 2.55. The van der Waals surface area contributed by atoms with Crippen LogP contribution < -0.4 is 0 Å². The zero-order valence-corrected chi connectivity index (χ0v) is 7.44. The number of carbonyl (C=O) groups is 1. The van der Waals surface area contributed by atoms with E-state index in [1.54, 1.807) is 6.92 Å². The van der Waals surface area contributed by atoms with Crippen molar-refractivity contribution in [1.29, 1.82) is 0 Å². The summed E-state index contributed by atoms with van der Waals surface area (Å²) in [6.07, 6.45) is 4.24. The van der Waals surface area contributed by atoms with Gasteiger partial charge in [-0.2, -0.15) is 0 Å². The number of rotatable bonds is 5. The fraction of sp³-hybridized carbons (Fsp3) is 0.700. The normalized spacial score (nSPS) is 8.55. The molecule has 62 valence electrons. The van der Waals surface area contributed by atoms with Crippen LogP contribution in [0, 0.1) is 11.8 Å². The molecule has 0 bridgehead atoms. The SMILES string of the molecule is CC#CCCC(=O)CCCC. The van der Waals surface area contributed by atoms with Crippen LogP contribution in [0.15, 0.2) is 0 Å². The molecule has 0 aromatic carbocycles. The van der Waals surface area contributed by atoms with Gasteiger partial charge in [0.05, 0.1) is 0 Å². The molecule has 0 aliphatic rings. The van der Waals surface area contributed by atoms with Crippen LogP contribution in [0.25, 0.3) is 0 Å². The van der Waals surface area contributed by atoms with Crippen LogP contribution in [-0.4, -0.2) is 5.78 Å². The number of hydrogen-bond acceptors (Lipinski definition) is 1. The molecule has 0 aliphatic heterocycles. The zero-order chi connectivity index (χ0) is 8.53. The first-order chi connectivity index (χ1) is 5.31. The van der Waals surface area contributed by atoms with Crippen LogP contribution in [0.4, 0.5) is 0 Å². The van der Waals surface area contributed by atoms with Crippen LogP contribution in [0.2, 0.25) is 0 Å². The van der Waals surface area contributed by atoms with Crippen LogP contribution in [-0.2, 0) is 4.79 Å². The molecule has 0 saturated carbocycles. The molecule has 0 rings (SSSR count). The number of hydrogen-bond donors (Lipinski definition) is 0. The molecular weight excluding hydrogens is 136 g/mol. The molecule has 1 nitrogen and oxygen atoms in total. The van der Waals surface area contributed by atoms with Crippen LogP contribution >= 0.6 is 0 Å². The maximum atomic E-state index is 11.0. The van der Waals surface area contributed by atoms with Gasteiger partial charge in [-0.1, -0.05) is 13.3 Å². The lowest BCUT2D eigenvalue weighted by Gasteiger charge is -1.94. The molecule has 0 saturated heterocycles. The molecule has 0 fully saturated rings. The van der Waals surface area contributed by atoms with Gasteiger partial charge in [0, 0.05) is 19.3 Å². The molecule has 0 aliphatic carbocycles. The third-order valence-corrected chi connectivity index (χ3v) is 1.51. The maximum absolute atomic E-state index is 11.0. The molecule has 0 aromatic rings. The van der Waals surface area contributed by atoms with Gasteiger partial charge in [0.25, 0.3) is 0 Å². The van der Waals surface area contributed by atoms with Crippen molar-refractivity contribution in [3.05, 3.63) is 0 Å². The summed E-state index contributed by atoms with van der Waals surface area (Å²) in [6, 6.07) is 0. The van der Waals surface area contributed by atoms with Crippen molar-refractivity contribution in [1.82, 2.24) is 0 Å². The molecule has 0 unspecified atom stereocenters. The molecule has 0 spiro atoms. The highest BCUT2D eigenvalue weighted by Gasteiger charge is 1.97. The van der Waals surface area contributed by atoms with E-state index < -0.39 is 0 Å². The minimum absolute atomic E-state index is 0.356. The first kappa shape index (κ1) is 10.2. The Balaban J connectivity index is 3.27. The fourth-order valence-corrected chi connectivity index (χ4v) is 0.826. The Labute approximate surface area is 69.2 Å². The summed E-state index contributed by atoms with van der Waals surface area (Å²) in [5.41, 5.74) is 0. The zero-order valence-electron chi connectivity index (χ0n) is 7.44. The second kappa shape index (κ2) is 7.34. The van der Waals surface area contributed by atoms with Gasteiger partial charge < -0.3 is 0 Å². The van der Waals surface area contributed by atoms with Crippen LogP contribution in [0.1, 0.15) is 46.0 Å². The van der Waals surface area contributed by atoms with Crippen molar-refractivity contribution in [2.24, 2.45) is 0 Å². The van der Waals surface area contributed by atoms with Crippen LogP contribution in [0.5, 0.6) is 0 Å². The molecule has 0 aromatic heterocycles. The van der Waals surface area contributed by atoms with E-state index in [1.807, 2.05) is 0 Å². The van der Waals surface area contributed by atoms with Crippen molar-refractivity contribution in [3.8, 4) is 11.8 Å². The second-order valence-electron chi connectivity index (χ2n) is 2.57. The minimum Gasteiger partial charge on any atom is -0.300 e. The summed E-state index contributed by atoms with van der Waals surface area (Å²) in [6.45, 7) is 3.90. The topological polar surface area (TPSA) is 17.1 Å². The van der Waals surface area contributed by atoms with E-state index in [9.17, 15) is 4.79 Å². The summed E-state index contributed by atoms with van der Waals surface area (Å²) in [7, 11) is 0. The highest BCUT2D eigenvalue weighted by molar-refractivity contribution is 5.78. The molecule has 1 heteroatoms. The summed E-state index contributed by atoms with van der Waals surface area (Å²) in [4.78, 5) is 11.0. The lowest BCUT2D eigenvalue weighted by atomic mass is 10.1. The van der Waals surface area contributed by atoms with Crippen molar-refractivity contribution in [2.75, 3.05) is 0 Å². The molecule has 0 N–H and O–H groups in total. The Hall–Kier alpha value is -0.770. The lowest BCUT2D eigenvalue weighted by Crippen LogP contribution is -1.95. The van der Waals surface area contributed by atoms with E-state index >= 15 is 0 Å². The van der Waals surface area contributed by atoms with E-state index in [0.29, 0.717) is 12.2 Å². The average molecular weight is 152 g/mol. The highest BCUT2D eigenvalue weighted by Crippen LogP contribution is 1.99.